The number of para-hydroxylation sites is 1. The molecule has 2 aromatic heterocycles. The Morgan fingerprint density at radius 1 is 1.04 bits per heavy atom. The monoisotopic (exact) mass is 408 g/mol. The van der Waals surface area contributed by atoms with Crippen molar-refractivity contribution < 1.29 is 0 Å². The Bertz CT molecular complexity index is 1120. The number of fused-ring (bicyclic) bond motifs is 4. The number of hydrogen-bond acceptors (Lipinski definition) is 5. The lowest BCUT2D eigenvalue weighted by molar-refractivity contribution is 0.343. The van der Waals surface area contributed by atoms with Gasteiger partial charge in [-0.15, -0.1) is 10.2 Å². The first-order valence-electron chi connectivity index (χ1n) is 8.54. The van der Waals surface area contributed by atoms with Crippen LogP contribution >= 0.6 is 15.9 Å². The predicted molar refractivity (Wildman–Crippen MR) is 106 cm³/mol. The van der Waals surface area contributed by atoms with Crippen molar-refractivity contribution in [2.75, 3.05) is 25.0 Å². The van der Waals surface area contributed by atoms with Crippen molar-refractivity contribution in [2.45, 2.75) is 6.54 Å². The largest absolute Gasteiger partial charge is 0.324 e. The number of nitrogens with zero attached hydrogens (tertiary/aromatic N) is 6. The van der Waals surface area contributed by atoms with Crippen molar-refractivity contribution in [3.8, 4) is 0 Å². The van der Waals surface area contributed by atoms with Crippen LogP contribution in [-0.2, 0) is 6.54 Å². The van der Waals surface area contributed by atoms with E-state index in [1.807, 2.05) is 10.5 Å². The van der Waals surface area contributed by atoms with Crippen LogP contribution < -0.4 is 4.90 Å². The summed E-state index contributed by atoms with van der Waals surface area (Å²) in [4.78, 5) is 9.50. The second-order valence-electron chi connectivity index (χ2n) is 6.58. The summed E-state index contributed by atoms with van der Waals surface area (Å²) in [5, 5.41) is 9.33. The van der Waals surface area contributed by atoms with Gasteiger partial charge in [0.05, 0.1) is 5.52 Å². The summed E-state index contributed by atoms with van der Waals surface area (Å²) in [7, 11) is 2.15. The molecule has 1 aliphatic heterocycles. The smallest absolute Gasteiger partial charge is 0.257 e. The van der Waals surface area contributed by atoms with E-state index in [4.69, 9.17) is 4.98 Å². The van der Waals surface area contributed by atoms with Crippen molar-refractivity contribution in [1.29, 1.82) is 0 Å². The second-order valence-corrected chi connectivity index (χ2v) is 7.43. The molecule has 1 aliphatic rings. The molecule has 0 radical (unpaired) electrons. The fourth-order valence-corrected chi connectivity index (χ4v) is 4.11. The van der Waals surface area contributed by atoms with Crippen molar-refractivity contribution >= 4 is 44.1 Å². The highest BCUT2D eigenvalue weighted by Crippen LogP contribution is 2.37. The first-order valence-corrected chi connectivity index (χ1v) is 9.33. The van der Waals surface area contributed by atoms with Crippen molar-refractivity contribution in [3.05, 3.63) is 58.8 Å². The molecule has 7 heteroatoms. The summed E-state index contributed by atoms with van der Waals surface area (Å²) in [6.07, 6.45) is 1.72. The number of anilines is 2. The Labute approximate surface area is 159 Å². The molecule has 3 heterocycles. The first-order chi connectivity index (χ1) is 12.7. The average molecular weight is 409 g/mol. The molecule has 0 saturated carbocycles. The van der Waals surface area contributed by atoms with Crippen molar-refractivity contribution in [2.24, 2.45) is 0 Å². The quantitative estimate of drug-likeness (QED) is 0.481. The van der Waals surface area contributed by atoms with E-state index in [-0.39, 0.29) is 0 Å². The molecular formula is C19H17BrN6. The molecule has 4 aromatic rings. The summed E-state index contributed by atoms with van der Waals surface area (Å²) in [6, 6.07) is 14.6. The van der Waals surface area contributed by atoms with Crippen molar-refractivity contribution in [3.63, 3.8) is 0 Å². The van der Waals surface area contributed by atoms with E-state index < -0.39 is 0 Å². The van der Waals surface area contributed by atoms with Gasteiger partial charge < -0.3 is 9.80 Å². The molecule has 5 rings (SSSR count). The number of hydrogen-bond donors (Lipinski definition) is 0. The zero-order valence-electron chi connectivity index (χ0n) is 14.3. The highest BCUT2D eigenvalue weighted by atomic mass is 79.9. The molecule has 26 heavy (non-hydrogen) atoms. The highest BCUT2D eigenvalue weighted by molar-refractivity contribution is 9.10. The highest BCUT2D eigenvalue weighted by Gasteiger charge is 2.24. The molecule has 0 atom stereocenters. The molecule has 0 fully saturated rings. The van der Waals surface area contributed by atoms with Crippen LogP contribution in [0.1, 0.15) is 5.56 Å². The minimum absolute atomic E-state index is 0.618. The van der Waals surface area contributed by atoms with Gasteiger partial charge in [0.1, 0.15) is 12.1 Å². The number of halogens is 1. The zero-order valence-corrected chi connectivity index (χ0v) is 15.9. The molecule has 2 aromatic carbocycles. The molecule has 0 spiro atoms. The van der Waals surface area contributed by atoms with Gasteiger partial charge in [-0.2, -0.15) is 4.98 Å². The first kappa shape index (κ1) is 15.7. The SMILES string of the molecule is CN1CCN(c2nc3nncn3c3ccccc23)c2cccc(Br)c2C1. The molecule has 0 bridgehead atoms. The Kier molecular flexibility index (Phi) is 3.65. The molecular weight excluding hydrogens is 392 g/mol. The number of rotatable bonds is 1. The normalized spacial score (nSPS) is 15.4. The van der Waals surface area contributed by atoms with Gasteiger partial charge in [0, 0.05) is 40.7 Å². The lowest BCUT2D eigenvalue weighted by Crippen LogP contribution is -2.27. The Morgan fingerprint density at radius 3 is 2.85 bits per heavy atom. The van der Waals surface area contributed by atoms with Gasteiger partial charge in [0.25, 0.3) is 5.78 Å². The molecule has 6 nitrogen and oxygen atoms in total. The molecule has 0 amide bonds. The standard InChI is InChI=1S/C19H17BrN6/c1-24-9-10-25(17-8-4-6-15(20)14(17)11-24)18-13-5-2-3-7-16(13)26-12-21-23-19(26)22-18/h2-8,12H,9-11H2,1H3. The summed E-state index contributed by atoms with van der Waals surface area (Å²) < 4.78 is 3.06. The number of aromatic nitrogens is 4. The predicted octanol–water partition coefficient (Wildman–Crippen LogP) is 3.62. The number of likely N-dealkylation sites (N-methyl/N-ethyl adjacent to an activating group) is 1. The average Bonchev–Trinajstić information content (AvgIpc) is 3.06. The van der Waals surface area contributed by atoms with Crippen molar-refractivity contribution in [1.82, 2.24) is 24.5 Å². The van der Waals surface area contributed by atoms with Gasteiger partial charge in [0.2, 0.25) is 0 Å². The van der Waals surface area contributed by atoms with E-state index in [1.165, 1.54) is 11.3 Å². The molecule has 0 aliphatic carbocycles. The third-order valence-electron chi connectivity index (χ3n) is 4.91. The van der Waals surface area contributed by atoms with Crippen LogP contribution in [0.4, 0.5) is 11.5 Å². The van der Waals surface area contributed by atoms with E-state index >= 15 is 0 Å². The van der Waals surface area contributed by atoms with E-state index in [0.29, 0.717) is 5.78 Å². The third-order valence-corrected chi connectivity index (χ3v) is 5.66. The van der Waals surface area contributed by atoms with E-state index in [1.54, 1.807) is 6.33 Å². The Morgan fingerprint density at radius 2 is 1.92 bits per heavy atom. The third kappa shape index (κ3) is 2.39. The van der Waals surface area contributed by atoms with Gasteiger partial charge in [0.15, 0.2) is 0 Å². The zero-order chi connectivity index (χ0) is 17.7. The summed E-state index contributed by atoms with van der Waals surface area (Å²) >= 11 is 3.73. The van der Waals surface area contributed by atoms with Crippen LogP contribution in [0, 0.1) is 0 Å². The van der Waals surface area contributed by atoms with Crippen LogP contribution in [0.25, 0.3) is 16.7 Å². The van der Waals surface area contributed by atoms with Gasteiger partial charge >= 0.3 is 0 Å². The van der Waals surface area contributed by atoms with E-state index in [0.717, 1.165) is 40.8 Å². The van der Waals surface area contributed by atoms with Crippen LogP contribution in [0.2, 0.25) is 0 Å². The Hall–Kier alpha value is -2.51. The lowest BCUT2D eigenvalue weighted by Gasteiger charge is -2.25. The minimum Gasteiger partial charge on any atom is -0.324 e. The maximum atomic E-state index is 4.86. The Balaban J connectivity index is 1.81. The van der Waals surface area contributed by atoms with Crippen LogP contribution in [0.15, 0.2) is 53.3 Å². The molecule has 130 valence electrons. The molecule has 0 unspecified atom stereocenters. The van der Waals surface area contributed by atoms with Gasteiger partial charge in [-0.3, -0.25) is 4.40 Å². The van der Waals surface area contributed by atoms with E-state index in [9.17, 15) is 0 Å². The molecule has 0 N–H and O–H groups in total. The fourth-order valence-electron chi connectivity index (χ4n) is 3.63. The summed E-state index contributed by atoms with van der Waals surface area (Å²) in [6.45, 7) is 2.72. The lowest BCUT2D eigenvalue weighted by atomic mass is 10.1. The topological polar surface area (TPSA) is 49.6 Å². The fraction of sp³-hybridized carbons (Fsp3) is 0.211. The maximum Gasteiger partial charge on any atom is 0.257 e. The minimum atomic E-state index is 0.618. The van der Waals surface area contributed by atoms with Gasteiger partial charge in [-0.05, 0) is 31.3 Å². The van der Waals surface area contributed by atoms with Crippen LogP contribution in [0.5, 0.6) is 0 Å². The van der Waals surface area contributed by atoms with Crippen LogP contribution in [-0.4, -0.2) is 44.6 Å². The van der Waals surface area contributed by atoms with Crippen LogP contribution in [0.3, 0.4) is 0 Å². The van der Waals surface area contributed by atoms with E-state index in [2.05, 4.69) is 79.4 Å². The maximum absolute atomic E-state index is 4.86. The van der Waals surface area contributed by atoms with Gasteiger partial charge in [-0.25, -0.2) is 0 Å². The second kappa shape index (κ2) is 6.03. The number of benzene rings is 2. The molecule has 0 saturated heterocycles. The van der Waals surface area contributed by atoms with Gasteiger partial charge in [-0.1, -0.05) is 34.1 Å². The summed E-state index contributed by atoms with van der Waals surface area (Å²) in [5.74, 6) is 1.54. The summed E-state index contributed by atoms with van der Waals surface area (Å²) in [5.41, 5.74) is 3.52.